The summed E-state index contributed by atoms with van der Waals surface area (Å²) >= 11 is 0. The summed E-state index contributed by atoms with van der Waals surface area (Å²) in [5.41, 5.74) is 0.732. The Labute approximate surface area is 119 Å². The van der Waals surface area contributed by atoms with Crippen molar-refractivity contribution in [2.24, 2.45) is 5.92 Å². The van der Waals surface area contributed by atoms with Gasteiger partial charge >= 0.3 is 0 Å². The summed E-state index contributed by atoms with van der Waals surface area (Å²) in [6, 6.07) is 5.10. The average Bonchev–Trinajstić information content (AvgIpc) is 2.44. The number of carbonyl (C=O) groups is 1. The molecule has 0 unspecified atom stereocenters. The van der Waals surface area contributed by atoms with Crippen molar-refractivity contribution in [2.45, 2.75) is 26.9 Å². The van der Waals surface area contributed by atoms with E-state index >= 15 is 0 Å². The third kappa shape index (κ3) is 5.48. The lowest BCUT2D eigenvalue weighted by molar-refractivity contribution is -0.123. The largest absolute Gasteiger partial charge is 0.493 e. The van der Waals surface area contributed by atoms with Crippen LogP contribution in [0.1, 0.15) is 25.8 Å². The predicted octanol–water partition coefficient (Wildman–Crippen LogP) is 1.73. The molecular weight excluding hydrogens is 258 g/mol. The monoisotopic (exact) mass is 281 g/mol. The molecule has 0 aliphatic heterocycles. The summed E-state index contributed by atoms with van der Waals surface area (Å²) in [4.78, 5) is 11.6. The number of rotatable bonds is 8. The van der Waals surface area contributed by atoms with Gasteiger partial charge < -0.3 is 19.9 Å². The maximum absolute atomic E-state index is 11.6. The lowest BCUT2D eigenvalue weighted by atomic mass is 10.1. The first-order valence-corrected chi connectivity index (χ1v) is 6.74. The fraction of sp³-hybridized carbons (Fsp3) is 0.533. The van der Waals surface area contributed by atoms with Crippen LogP contribution in [0.3, 0.4) is 0 Å². The van der Waals surface area contributed by atoms with E-state index in [2.05, 4.69) is 19.2 Å². The van der Waals surface area contributed by atoms with Crippen LogP contribution in [0.25, 0.3) is 0 Å². The molecule has 0 aliphatic carbocycles. The number of carbonyl (C=O) groups excluding carboxylic acids is 1. The number of aliphatic hydroxyl groups is 1. The number of aliphatic hydroxyl groups excluding tert-OH is 1. The fourth-order valence-corrected chi connectivity index (χ4v) is 1.62. The minimum atomic E-state index is -0.154. The average molecular weight is 281 g/mol. The Kier molecular flexibility index (Phi) is 6.87. The molecule has 0 spiro atoms. The lowest BCUT2D eigenvalue weighted by Gasteiger charge is -2.12. The summed E-state index contributed by atoms with van der Waals surface area (Å²) in [6.45, 7) is 4.76. The Morgan fingerprint density at radius 2 is 2.10 bits per heavy atom. The minimum absolute atomic E-state index is 0.0487. The highest BCUT2D eigenvalue weighted by atomic mass is 16.5. The van der Waals surface area contributed by atoms with E-state index in [-0.39, 0.29) is 19.1 Å². The maximum atomic E-state index is 11.6. The number of benzene rings is 1. The minimum Gasteiger partial charge on any atom is -0.493 e. The van der Waals surface area contributed by atoms with E-state index in [4.69, 9.17) is 14.6 Å². The van der Waals surface area contributed by atoms with Crippen LogP contribution < -0.4 is 14.8 Å². The van der Waals surface area contributed by atoms with Gasteiger partial charge in [0, 0.05) is 6.54 Å². The quantitative estimate of drug-likeness (QED) is 0.761. The zero-order valence-electron chi connectivity index (χ0n) is 12.3. The fourth-order valence-electron chi connectivity index (χ4n) is 1.62. The third-order valence-corrected chi connectivity index (χ3v) is 2.81. The van der Waals surface area contributed by atoms with Crippen molar-refractivity contribution in [3.8, 4) is 11.5 Å². The van der Waals surface area contributed by atoms with Crippen LogP contribution in [0.5, 0.6) is 11.5 Å². The van der Waals surface area contributed by atoms with E-state index in [1.165, 1.54) is 7.11 Å². The second-order valence-electron chi connectivity index (χ2n) is 4.96. The highest BCUT2D eigenvalue weighted by Crippen LogP contribution is 2.27. The molecule has 1 rings (SSSR count). The molecule has 0 atom stereocenters. The smallest absolute Gasteiger partial charge is 0.257 e. The normalized spacial score (nSPS) is 10.4. The first-order valence-electron chi connectivity index (χ1n) is 6.74. The summed E-state index contributed by atoms with van der Waals surface area (Å²) < 4.78 is 10.6. The molecule has 0 bridgehead atoms. The third-order valence-electron chi connectivity index (χ3n) is 2.81. The maximum Gasteiger partial charge on any atom is 0.257 e. The first-order chi connectivity index (χ1) is 9.56. The van der Waals surface area contributed by atoms with E-state index < -0.39 is 0 Å². The number of amides is 1. The molecule has 0 heterocycles. The summed E-state index contributed by atoms with van der Waals surface area (Å²) in [7, 11) is 1.52. The summed E-state index contributed by atoms with van der Waals surface area (Å²) in [6.07, 6.45) is 0.945. The Balaban J connectivity index is 2.46. The van der Waals surface area contributed by atoms with Gasteiger partial charge in [-0.3, -0.25) is 4.79 Å². The Morgan fingerprint density at radius 3 is 2.70 bits per heavy atom. The van der Waals surface area contributed by atoms with Crippen molar-refractivity contribution in [2.75, 3.05) is 20.3 Å². The van der Waals surface area contributed by atoms with Gasteiger partial charge in [-0.25, -0.2) is 0 Å². The van der Waals surface area contributed by atoms with Gasteiger partial charge in [-0.05, 0) is 30.0 Å². The summed E-state index contributed by atoms with van der Waals surface area (Å²) in [5, 5.41) is 11.8. The van der Waals surface area contributed by atoms with E-state index in [0.717, 1.165) is 12.0 Å². The zero-order valence-corrected chi connectivity index (χ0v) is 12.3. The second-order valence-corrected chi connectivity index (χ2v) is 4.96. The van der Waals surface area contributed by atoms with Gasteiger partial charge in [0.25, 0.3) is 5.91 Å². The molecular formula is C15H23NO4. The Bertz CT molecular complexity index is 432. The van der Waals surface area contributed by atoms with Gasteiger partial charge in [-0.15, -0.1) is 0 Å². The Morgan fingerprint density at radius 1 is 1.35 bits per heavy atom. The molecule has 0 radical (unpaired) electrons. The van der Waals surface area contributed by atoms with Crippen LogP contribution in [-0.4, -0.2) is 31.3 Å². The number of nitrogens with one attached hydrogen (secondary N) is 1. The molecule has 1 amide bonds. The van der Waals surface area contributed by atoms with Crippen molar-refractivity contribution in [3.63, 3.8) is 0 Å². The van der Waals surface area contributed by atoms with Crippen LogP contribution in [-0.2, 0) is 11.4 Å². The van der Waals surface area contributed by atoms with Crippen LogP contribution in [0, 0.1) is 5.92 Å². The molecule has 5 nitrogen and oxygen atoms in total. The number of hydrogen-bond donors (Lipinski definition) is 2. The van der Waals surface area contributed by atoms with Crippen molar-refractivity contribution in [1.82, 2.24) is 5.32 Å². The highest BCUT2D eigenvalue weighted by Gasteiger charge is 2.08. The molecule has 0 aromatic heterocycles. The molecule has 112 valence electrons. The van der Waals surface area contributed by atoms with Crippen LogP contribution in [0.2, 0.25) is 0 Å². The van der Waals surface area contributed by atoms with Gasteiger partial charge in [0.05, 0.1) is 13.7 Å². The van der Waals surface area contributed by atoms with Gasteiger partial charge in [0.2, 0.25) is 0 Å². The second kappa shape index (κ2) is 8.43. The van der Waals surface area contributed by atoms with Crippen molar-refractivity contribution in [3.05, 3.63) is 23.8 Å². The molecule has 0 saturated carbocycles. The van der Waals surface area contributed by atoms with Crippen molar-refractivity contribution >= 4 is 5.91 Å². The predicted molar refractivity (Wildman–Crippen MR) is 76.9 cm³/mol. The van der Waals surface area contributed by atoms with Crippen LogP contribution in [0.4, 0.5) is 0 Å². The molecule has 0 fully saturated rings. The van der Waals surface area contributed by atoms with Gasteiger partial charge in [0.15, 0.2) is 18.1 Å². The van der Waals surface area contributed by atoms with Crippen LogP contribution in [0.15, 0.2) is 18.2 Å². The molecule has 0 aliphatic rings. The molecule has 1 aromatic carbocycles. The molecule has 20 heavy (non-hydrogen) atoms. The van der Waals surface area contributed by atoms with Crippen molar-refractivity contribution in [1.29, 1.82) is 0 Å². The van der Waals surface area contributed by atoms with Crippen LogP contribution >= 0.6 is 0 Å². The number of methoxy groups -OCH3 is 1. The van der Waals surface area contributed by atoms with E-state index in [1.54, 1.807) is 18.2 Å². The topological polar surface area (TPSA) is 67.8 Å². The molecule has 5 heteroatoms. The van der Waals surface area contributed by atoms with E-state index in [9.17, 15) is 4.79 Å². The molecule has 0 saturated heterocycles. The lowest BCUT2D eigenvalue weighted by Crippen LogP contribution is -2.30. The van der Waals surface area contributed by atoms with Gasteiger partial charge in [-0.1, -0.05) is 19.9 Å². The van der Waals surface area contributed by atoms with E-state index in [0.29, 0.717) is 24.0 Å². The summed E-state index contributed by atoms with van der Waals surface area (Å²) in [5.74, 6) is 1.40. The van der Waals surface area contributed by atoms with Gasteiger partial charge in [-0.2, -0.15) is 0 Å². The van der Waals surface area contributed by atoms with Crippen molar-refractivity contribution < 1.29 is 19.4 Å². The SMILES string of the molecule is COc1cc(CO)ccc1OCC(=O)NCCC(C)C. The standard InChI is InChI=1S/C15H23NO4/c1-11(2)6-7-16-15(18)10-20-13-5-4-12(9-17)8-14(13)19-3/h4-5,8,11,17H,6-7,9-10H2,1-3H3,(H,16,18). The highest BCUT2D eigenvalue weighted by molar-refractivity contribution is 5.77. The van der Waals surface area contributed by atoms with Gasteiger partial charge in [0.1, 0.15) is 0 Å². The number of ether oxygens (including phenoxy) is 2. The Hall–Kier alpha value is -1.75. The van der Waals surface area contributed by atoms with E-state index in [1.807, 2.05) is 0 Å². The molecule has 1 aromatic rings. The number of hydrogen-bond acceptors (Lipinski definition) is 4. The first kappa shape index (κ1) is 16.3. The molecule has 2 N–H and O–H groups in total. The zero-order chi connectivity index (χ0) is 15.0.